The highest BCUT2D eigenvalue weighted by molar-refractivity contribution is 5.99. The van der Waals surface area contributed by atoms with Crippen LogP contribution in [0.1, 0.15) is 12.5 Å². The van der Waals surface area contributed by atoms with Crippen molar-refractivity contribution in [3.63, 3.8) is 0 Å². The van der Waals surface area contributed by atoms with E-state index >= 15 is 0 Å². The van der Waals surface area contributed by atoms with E-state index in [4.69, 9.17) is 4.74 Å². The summed E-state index contributed by atoms with van der Waals surface area (Å²) in [5.41, 5.74) is 2.23. The predicted octanol–water partition coefficient (Wildman–Crippen LogP) is 3.36. The fourth-order valence-corrected chi connectivity index (χ4v) is 2.13. The van der Waals surface area contributed by atoms with Crippen molar-refractivity contribution < 1.29 is 14.3 Å². The Morgan fingerprint density at radius 1 is 0.920 bits per heavy atom. The standard InChI is InChI=1S/C19H23N3O3/c1-4-25-17-11-9-16(10-12-17)21-19(24)20-15-7-5-14(6-8-15)13-18(23)22(2)3/h5-12H,4,13H2,1-3H3,(H2,20,21,24). The first-order valence-electron chi connectivity index (χ1n) is 8.08. The van der Waals surface area contributed by atoms with Crippen molar-refractivity contribution in [3.8, 4) is 5.75 Å². The first kappa shape index (κ1) is 18.3. The summed E-state index contributed by atoms with van der Waals surface area (Å²) < 4.78 is 5.36. The first-order valence-corrected chi connectivity index (χ1v) is 8.08. The fourth-order valence-electron chi connectivity index (χ4n) is 2.13. The fraction of sp³-hybridized carbons (Fsp3) is 0.263. The largest absolute Gasteiger partial charge is 0.494 e. The lowest BCUT2D eigenvalue weighted by Gasteiger charge is -2.11. The van der Waals surface area contributed by atoms with Gasteiger partial charge in [-0.3, -0.25) is 4.79 Å². The molecule has 0 heterocycles. The van der Waals surface area contributed by atoms with Gasteiger partial charge < -0.3 is 20.3 Å². The van der Waals surface area contributed by atoms with Crippen LogP contribution in [0.4, 0.5) is 16.2 Å². The minimum absolute atomic E-state index is 0.0361. The molecule has 0 saturated carbocycles. The lowest BCUT2D eigenvalue weighted by atomic mass is 10.1. The number of hydrogen-bond acceptors (Lipinski definition) is 3. The summed E-state index contributed by atoms with van der Waals surface area (Å²) in [5.74, 6) is 0.797. The second kappa shape index (κ2) is 8.73. The number of likely N-dealkylation sites (N-methyl/N-ethyl adjacent to an activating group) is 1. The number of rotatable bonds is 6. The van der Waals surface area contributed by atoms with Gasteiger partial charge in [-0.25, -0.2) is 4.79 Å². The highest BCUT2D eigenvalue weighted by Crippen LogP contribution is 2.16. The maximum atomic E-state index is 12.0. The van der Waals surface area contributed by atoms with Crippen molar-refractivity contribution in [2.75, 3.05) is 31.3 Å². The lowest BCUT2D eigenvalue weighted by Crippen LogP contribution is -2.23. The molecule has 0 saturated heterocycles. The summed E-state index contributed by atoms with van der Waals surface area (Å²) >= 11 is 0. The number of carbonyl (C=O) groups excluding carboxylic acids is 2. The molecule has 6 nitrogen and oxygen atoms in total. The van der Waals surface area contributed by atoms with Crippen LogP contribution < -0.4 is 15.4 Å². The van der Waals surface area contributed by atoms with Crippen molar-refractivity contribution >= 4 is 23.3 Å². The van der Waals surface area contributed by atoms with Gasteiger partial charge in [-0.05, 0) is 48.9 Å². The molecule has 0 fully saturated rings. The second-order valence-corrected chi connectivity index (χ2v) is 5.70. The first-order chi connectivity index (χ1) is 12.0. The summed E-state index contributed by atoms with van der Waals surface area (Å²) in [6, 6.07) is 14.0. The van der Waals surface area contributed by atoms with Crippen molar-refractivity contribution in [2.45, 2.75) is 13.3 Å². The number of urea groups is 1. The molecule has 2 aromatic rings. The molecule has 0 atom stereocenters. The van der Waals surface area contributed by atoms with Gasteiger partial charge in [0.05, 0.1) is 13.0 Å². The van der Waals surface area contributed by atoms with Gasteiger partial charge in [0.15, 0.2) is 0 Å². The van der Waals surface area contributed by atoms with Crippen molar-refractivity contribution in [1.82, 2.24) is 4.90 Å². The molecule has 0 aliphatic carbocycles. The molecule has 6 heteroatoms. The second-order valence-electron chi connectivity index (χ2n) is 5.70. The highest BCUT2D eigenvalue weighted by atomic mass is 16.5. The van der Waals surface area contributed by atoms with Crippen LogP contribution in [0.2, 0.25) is 0 Å². The van der Waals surface area contributed by atoms with Gasteiger partial charge >= 0.3 is 6.03 Å². The van der Waals surface area contributed by atoms with Gasteiger partial charge in [-0.15, -0.1) is 0 Å². The molecule has 25 heavy (non-hydrogen) atoms. The van der Waals surface area contributed by atoms with E-state index in [-0.39, 0.29) is 11.9 Å². The van der Waals surface area contributed by atoms with Crippen LogP contribution in [-0.4, -0.2) is 37.5 Å². The van der Waals surface area contributed by atoms with E-state index in [1.54, 1.807) is 55.4 Å². The molecule has 0 aliphatic heterocycles. The summed E-state index contributed by atoms with van der Waals surface area (Å²) in [5, 5.41) is 5.51. The summed E-state index contributed by atoms with van der Waals surface area (Å²) in [7, 11) is 3.45. The average molecular weight is 341 g/mol. The van der Waals surface area contributed by atoms with Gasteiger partial charge in [0.1, 0.15) is 5.75 Å². The number of carbonyl (C=O) groups is 2. The molecule has 2 rings (SSSR count). The zero-order chi connectivity index (χ0) is 18.2. The Labute approximate surface area is 147 Å². The van der Waals surface area contributed by atoms with E-state index < -0.39 is 0 Å². The van der Waals surface area contributed by atoms with E-state index in [1.165, 1.54) is 0 Å². The van der Waals surface area contributed by atoms with E-state index in [9.17, 15) is 9.59 Å². The van der Waals surface area contributed by atoms with E-state index in [2.05, 4.69) is 10.6 Å². The lowest BCUT2D eigenvalue weighted by molar-refractivity contribution is -0.127. The third kappa shape index (κ3) is 5.84. The molecular weight excluding hydrogens is 318 g/mol. The Hall–Kier alpha value is -3.02. The molecule has 0 unspecified atom stereocenters. The zero-order valence-corrected chi connectivity index (χ0v) is 14.7. The number of benzene rings is 2. The molecule has 0 aliphatic rings. The molecule has 0 radical (unpaired) electrons. The van der Waals surface area contributed by atoms with Crippen LogP contribution in [0.15, 0.2) is 48.5 Å². The van der Waals surface area contributed by atoms with E-state index in [0.29, 0.717) is 24.4 Å². The smallest absolute Gasteiger partial charge is 0.323 e. The van der Waals surface area contributed by atoms with Gasteiger partial charge in [0.2, 0.25) is 5.91 Å². The minimum atomic E-state index is -0.332. The highest BCUT2D eigenvalue weighted by Gasteiger charge is 2.07. The topological polar surface area (TPSA) is 70.7 Å². The number of anilines is 2. The zero-order valence-electron chi connectivity index (χ0n) is 14.7. The van der Waals surface area contributed by atoms with Crippen molar-refractivity contribution in [3.05, 3.63) is 54.1 Å². The van der Waals surface area contributed by atoms with Gasteiger partial charge in [-0.2, -0.15) is 0 Å². The third-order valence-electron chi connectivity index (χ3n) is 3.49. The molecule has 0 spiro atoms. The van der Waals surface area contributed by atoms with Crippen molar-refractivity contribution in [2.24, 2.45) is 0 Å². The molecular formula is C19H23N3O3. The Balaban J connectivity index is 1.88. The Morgan fingerprint density at radius 3 is 1.92 bits per heavy atom. The maximum Gasteiger partial charge on any atom is 0.323 e. The molecule has 0 bridgehead atoms. The molecule has 132 valence electrons. The third-order valence-corrected chi connectivity index (χ3v) is 3.49. The predicted molar refractivity (Wildman–Crippen MR) is 99.1 cm³/mol. The number of nitrogens with zero attached hydrogens (tertiary/aromatic N) is 1. The normalized spacial score (nSPS) is 10.0. The molecule has 2 aromatic carbocycles. The van der Waals surface area contributed by atoms with Gasteiger partial charge in [0, 0.05) is 25.5 Å². The Bertz CT molecular complexity index is 710. The minimum Gasteiger partial charge on any atom is -0.494 e. The van der Waals surface area contributed by atoms with Crippen molar-refractivity contribution in [1.29, 1.82) is 0 Å². The maximum absolute atomic E-state index is 12.0. The summed E-state index contributed by atoms with van der Waals surface area (Å²) in [4.78, 5) is 25.3. The van der Waals surface area contributed by atoms with Crippen LogP contribution in [0, 0.1) is 0 Å². The van der Waals surface area contributed by atoms with Gasteiger partial charge in [0.25, 0.3) is 0 Å². The van der Waals surface area contributed by atoms with Gasteiger partial charge in [-0.1, -0.05) is 12.1 Å². The van der Waals surface area contributed by atoms with Crippen LogP contribution in [0.3, 0.4) is 0 Å². The number of ether oxygens (including phenoxy) is 1. The summed E-state index contributed by atoms with van der Waals surface area (Å²) in [6.45, 7) is 2.52. The quantitative estimate of drug-likeness (QED) is 0.846. The molecule has 0 aromatic heterocycles. The van der Waals surface area contributed by atoms with E-state index in [1.807, 2.05) is 19.1 Å². The summed E-state index contributed by atoms with van der Waals surface area (Å²) in [6.07, 6.45) is 0.339. The SMILES string of the molecule is CCOc1ccc(NC(=O)Nc2ccc(CC(=O)N(C)C)cc2)cc1. The van der Waals surface area contributed by atoms with E-state index in [0.717, 1.165) is 11.3 Å². The number of amides is 3. The van der Waals surface area contributed by atoms with Crippen LogP contribution >= 0.6 is 0 Å². The Kier molecular flexibility index (Phi) is 6.39. The van der Waals surface area contributed by atoms with Crippen LogP contribution in [0.25, 0.3) is 0 Å². The van der Waals surface area contributed by atoms with Crippen LogP contribution in [0.5, 0.6) is 5.75 Å². The number of hydrogen-bond donors (Lipinski definition) is 2. The average Bonchev–Trinajstić information content (AvgIpc) is 2.58. The molecule has 2 N–H and O–H groups in total. The Morgan fingerprint density at radius 2 is 1.44 bits per heavy atom. The van der Waals surface area contributed by atoms with Crippen LogP contribution in [-0.2, 0) is 11.2 Å². The number of nitrogens with one attached hydrogen (secondary N) is 2. The monoisotopic (exact) mass is 341 g/mol. The molecule has 3 amide bonds.